The minimum absolute atomic E-state index is 0.156. The SMILES string of the molecule is N#Cc1ccn(C[C@@H](O)C(=O)O)n1. The fourth-order valence-corrected chi connectivity index (χ4v) is 0.778. The van der Waals surface area contributed by atoms with Gasteiger partial charge >= 0.3 is 5.97 Å². The van der Waals surface area contributed by atoms with Gasteiger partial charge in [-0.05, 0) is 6.07 Å². The molecule has 0 radical (unpaired) electrons. The van der Waals surface area contributed by atoms with E-state index in [4.69, 9.17) is 15.5 Å². The minimum Gasteiger partial charge on any atom is -0.479 e. The summed E-state index contributed by atoms with van der Waals surface area (Å²) in [5, 5.41) is 29.3. The Morgan fingerprint density at radius 3 is 3.00 bits per heavy atom. The third-order valence-corrected chi connectivity index (χ3v) is 1.40. The molecule has 0 aliphatic rings. The van der Waals surface area contributed by atoms with Gasteiger partial charge in [0.2, 0.25) is 0 Å². The number of aliphatic hydroxyl groups excluding tert-OH is 1. The third kappa shape index (κ3) is 2.28. The molecule has 1 heterocycles. The molecule has 0 aromatic carbocycles. The number of aliphatic hydroxyl groups is 1. The summed E-state index contributed by atoms with van der Waals surface area (Å²) in [5.41, 5.74) is 0.192. The predicted molar refractivity (Wildman–Crippen MR) is 40.6 cm³/mol. The molecule has 1 atom stereocenters. The molecular weight excluding hydrogens is 174 g/mol. The molecule has 0 unspecified atom stereocenters. The lowest BCUT2D eigenvalue weighted by molar-refractivity contribution is -0.147. The van der Waals surface area contributed by atoms with E-state index in [9.17, 15) is 4.79 Å². The molecule has 0 amide bonds. The topological polar surface area (TPSA) is 99.1 Å². The first-order valence-corrected chi connectivity index (χ1v) is 3.48. The molecule has 0 bridgehead atoms. The van der Waals surface area contributed by atoms with Crippen LogP contribution in [0.2, 0.25) is 0 Å². The highest BCUT2D eigenvalue weighted by molar-refractivity contribution is 5.71. The normalized spacial score (nSPS) is 12.0. The van der Waals surface area contributed by atoms with Crippen LogP contribution in [-0.2, 0) is 11.3 Å². The molecule has 6 heteroatoms. The Balaban J connectivity index is 2.65. The van der Waals surface area contributed by atoms with E-state index in [1.165, 1.54) is 16.9 Å². The van der Waals surface area contributed by atoms with Crippen molar-refractivity contribution in [1.82, 2.24) is 9.78 Å². The van der Waals surface area contributed by atoms with Crippen molar-refractivity contribution < 1.29 is 15.0 Å². The van der Waals surface area contributed by atoms with Gasteiger partial charge in [0.1, 0.15) is 6.07 Å². The van der Waals surface area contributed by atoms with Gasteiger partial charge in [-0.1, -0.05) is 0 Å². The molecule has 0 saturated carbocycles. The van der Waals surface area contributed by atoms with E-state index >= 15 is 0 Å². The first kappa shape index (κ1) is 9.22. The maximum absolute atomic E-state index is 10.2. The van der Waals surface area contributed by atoms with Crippen LogP contribution in [0.15, 0.2) is 12.3 Å². The molecule has 1 rings (SSSR count). The molecule has 6 nitrogen and oxygen atoms in total. The van der Waals surface area contributed by atoms with Gasteiger partial charge in [0, 0.05) is 6.20 Å². The van der Waals surface area contributed by atoms with Crippen molar-refractivity contribution in [2.24, 2.45) is 0 Å². The quantitative estimate of drug-likeness (QED) is 0.636. The maximum atomic E-state index is 10.2. The average molecular weight is 181 g/mol. The summed E-state index contributed by atoms with van der Waals surface area (Å²) < 4.78 is 1.21. The highest BCUT2D eigenvalue weighted by atomic mass is 16.4. The highest BCUT2D eigenvalue weighted by Gasteiger charge is 2.13. The molecule has 2 N–H and O–H groups in total. The summed E-state index contributed by atoms with van der Waals surface area (Å²) in [4.78, 5) is 10.2. The summed E-state index contributed by atoms with van der Waals surface area (Å²) in [6.07, 6.45) is -0.0588. The Morgan fingerprint density at radius 2 is 2.54 bits per heavy atom. The first-order chi connectivity index (χ1) is 6.13. The standard InChI is InChI=1S/C7H7N3O3/c8-3-5-1-2-10(9-5)4-6(11)7(12)13/h1-2,6,11H,4H2,(H,12,13)/t6-/m1/s1. The highest BCUT2D eigenvalue weighted by Crippen LogP contribution is 1.95. The summed E-state index contributed by atoms with van der Waals surface area (Å²) in [6.45, 7) is -0.156. The lowest BCUT2D eigenvalue weighted by Crippen LogP contribution is -2.25. The van der Waals surface area contributed by atoms with Crippen LogP contribution in [0.25, 0.3) is 0 Å². The van der Waals surface area contributed by atoms with Gasteiger partial charge in [0.05, 0.1) is 6.54 Å². The number of hydrogen-bond donors (Lipinski definition) is 2. The van der Waals surface area contributed by atoms with Crippen molar-refractivity contribution in [3.63, 3.8) is 0 Å². The van der Waals surface area contributed by atoms with Crippen molar-refractivity contribution in [2.45, 2.75) is 12.6 Å². The average Bonchev–Trinajstić information content (AvgIpc) is 2.52. The van der Waals surface area contributed by atoms with Crippen molar-refractivity contribution >= 4 is 5.97 Å². The van der Waals surface area contributed by atoms with Crippen LogP contribution in [0.4, 0.5) is 0 Å². The zero-order chi connectivity index (χ0) is 9.84. The van der Waals surface area contributed by atoms with Crippen LogP contribution in [0, 0.1) is 11.3 Å². The molecule has 13 heavy (non-hydrogen) atoms. The maximum Gasteiger partial charge on any atom is 0.334 e. The van der Waals surface area contributed by atoms with Crippen LogP contribution < -0.4 is 0 Å². The Morgan fingerprint density at radius 1 is 1.85 bits per heavy atom. The summed E-state index contributed by atoms with van der Waals surface area (Å²) >= 11 is 0. The largest absolute Gasteiger partial charge is 0.479 e. The number of carbonyl (C=O) groups is 1. The smallest absolute Gasteiger partial charge is 0.334 e. The minimum atomic E-state index is -1.49. The van der Waals surface area contributed by atoms with Crippen LogP contribution in [0.5, 0.6) is 0 Å². The van der Waals surface area contributed by atoms with Gasteiger partial charge in [-0.25, -0.2) is 4.79 Å². The van der Waals surface area contributed by atoms with Gasteiger partial charge in [-0.2, -0.15) is 10.4 Å². The second-order valence-corrected chi connectivity index (χ2v) is 2.39. The van der Waals surface area contributed by atoms with Gasteiger partial charge in [0.15, 0.2) is 11.8 Å². The summed E-state index contributed by atoms with van der Waals surface area (Å²) in [5.74, 6) is -1.31. The lowest BCUT2D eigenvalue weighted by atomic mass is 10.4. The Hall–Kier alpha value is -1.87. The first-order valence-electron chi connectivity index (χ1n) is 3.48. The molecule has 1 aromatic heterocycles. The molecular formula is C7H7N3O3. The summed E-state index contributed by atoms with van der Waals surface area (Å²) in [6, 6.07) is 3.23. The summed E-state index contributed by atoms with van der Waals surface area (Å²) in [7, 11) is 0. The predicted octanol–water partition coefficient (Wildman–Crippen LogP) is -0.800. The van der Waals surface area contributed by atoms with E-state index in [2.05, 4.69) is 5.10 Å². The zero-order valence-electron chi connectivity index (χ0n) is 6.58. The molecule has 0 fully saturated rings. The number of nitriles is 1. The van der Waals surface area contributed by atoms with E-state index in [1.807, 2.05) is 0 Å². The molecule has 0 aliphatic carbocycles. The van der Waals surface area contributed by atoms with Crippen molar-refractivity contribution in [1.29, 1.82) is 5.26 Å². The van der Waals surface area contributed by atoms with E-state index < -0.39 is 12.1 Å². The molecule has 0 spiro atoms. The van der Waals surface area contributed by atoms with Crippen LogP contribution in [0.1, 0.15) is 5.69 Å². The monoisotopic (exact) mass is 181 g/mol. The van der Waals surface area contributed by atoms with Gasteiger partial charge in [-0.3, -0.25) is 4.68 Å². The fourth-order valence-electron chi connectivity index (χ4n) is 0.778. The number of aliphatic carboxylic acids is 1. The number of aromatic nitrogens is 2. The number of rotatable bonds is 3. The number of carboxylic acid groups (broad SMARTS) is 1. The Kier molecular flexibility index (Phi) is 2.62. The van der Waals surface area contributed by atoms with Crippen LogP contribution in [0.3, 0.4) is 0 Å². The van der Waals surface area contributed by atoms with E-state index in [0.717, 1.165) is 0 Å². The van der Waals surface area contributed by atoms with Crippen molar-refractivity contribution in [2.75, 3.05) is 0 Å². The van der Waals surface area contributed by atoms with E-state index in [0.29, 0.717) is 0 Å². The van der Waals surface area contributed by atoms with Crippen molar-refractivity contribution in [3.05, 3.63) is 18.0 Å². The molecule has 68 valence electrons. The Labute approximate surface area is 73.6 Å². The van der Waals surface area contributed by atoms with Crippen LogP contribution >= 0.6 is 0 Å². The van der Waals surface area contributed by atoms with E-state index in [1.54, 1.807) is 6.07 Å². The van der Waals surface area contributed by atoms with Gasteiger partial charge in [-0.15, -0.1) is 0 Å². The van der Waals surface area contributed by atoms with E-state index in [-0.39, 0.29) is 12.2 Å². The lowest BCUT2D eigenvalue weighted by Gasteiger charge is -2.03. The second-order valence-electron chi connectivity index (χ2n) is 2.39. The number of hydrogen-bond acceptors (Lipinski definition) is 4. The zero-order valence-corrected chi connectivity index (χ0v) is 6.58. The van der Waals surface area contributed by atoms with Crippen molar-refractivity contribution in [3.8, 4) is 6.07 Å². The third-order valence-electron chi connectivity index (χ3n) is 1.40. The number of carboxylic acids is 1. The number of nitrogens with zero attached hydrogens (tertiary/aromatic N) is 3. The van der Waals surface area contributed by atoms with Gasteiger partial charge < -0.3 is 10.2 Å². The second kappa shape index (κ2) is 3.69. The fraction of sp³-hybridized carbons (Fsp3) is 0.286. The van der Waals surface area contributed by atoms with Gasteiger partial charge in [0.25, 0.3) is 0 Å². The molecule has 0 aliphatic heterocycles. The van der Waals surface area contributed by atoms with Crippen LogP contribution in [-0.4, -0.2) is 32.1 Å². The Bertz CT molecular complexity index is 352. The molecule has 1 aromatic rings. The molecule has 0 saturated heterocycles.